The summed E-state index contributed by atoms with van der Waals surface area (Å²) in [6, 6.07) is 5.16. The Hall–Kier alpha value is -2.57. The van der Waals surface area contributed by atoms with Crippen molar-refractivity contribution in [1.29, 1.82) is 0 Å². The second-order valence-corrected chi connectivity index (χ2v) is 8.71. The summed E-state index contributed by atoms with van der Waals surface area (Å²) in [5.74, 6) is 0.897. The van der Waals surface area contributed by atoms with Crippen LogP contribution in [0, 0.1) is 12.8 Å². The van der Waals surface area contributed by atoms with Crippen LogP contribution in [0.15, 0.2) is 18.2 Å². The van der Waals surface area contributed by atoms with Crippen molar-refractivity contribution in [3.8, 4) is 5.75 Å². The number of ether oxygens (including phenoxy) is 1. The van der Waals surface area contributed by atoms with Gasteiger partial charge in [0.2, 0.25) is 11.8 Å². The standard InChI is InChI=1S/C23H33N3O4/c1-15(2)4-9-22(28)26-18-7-8-19(26)14-25-23(29)17-6-5-16(3)20(12-17)30-11-10-24-21(27)13-18/h5-6,12,15,18-19H,4,7-11,13-14H2,1-3H3,(H,24,27)(H,25,29)/t18-,19+/m0/s1. The van der Waals surface area contributed by atoms with Crippen LogP contribution in [0.25, 0.3) is 0 Å². The van der Waals surface area contributed by atoms with Gasteiger partial charge >= 0.3 is 0 Å². The van der Waals surface area contributed by atoms with E-state index in [-0.39, 0.29) is 36.2 Å². The number of carbonyl (C=O) groups excluding carboxylic acids is 3. The van der Waals surface area contributed by atoms with E-state index in [9.17, 15) is 14.4 Å². The first-order valence-corrected chi connectivity index (χ1v) is 10.9. The van der Waals surface area contributed by atoms with Gasteiger partial charge in [0.25, 0.3) is 5.91 Å². The molecule has 0 aliphatic carbocycles. The van der Waals surface area contributed by atoms with Gasteiger partial charge in [-0.15, -0.1) is 0 Å². The van der Waals surface area contributed by atoms with E-state index in [2.05, 4.69) is 24.5 Å². The molecule has 2 aliphatic heterocycles. The summed E-state index contributed by atoms with van der Waals surface area (Å²) < 4.78 is 5.77. The van der Waals surface area contributed by atoms with Gasteiger partial charge in [-0.1, -0.05) is 19.9 Å². The number of benzene rings is 1. The zero-order chi connectivity index (χ0) is 21.7. The van der Waals surface area contributed by atoms with Crippen LogP contribution >= 0.6 is 0 Å². The third-order valence-corrected chi connectivity index (χ3v) is 5.89. The quantitative estimate of drug-likeness (QED) is 0.794. The van der Waals surface area contributed by atoms with E-state index in [4.69, 9.17) is 4.74 Å². The number of nitrogens with one attached hydrogen (secondary N) is 2. The number of hydrogen-bond donors (Lipinski definition) is 2. The molecule has 7 nitrogen and oxygen atoms in total. The zero-order valence-corrected chi connectivity index (χ0v) is 18.2. The van der Waals surface area contributed by atoms with Gasteiger partial charge in [-0.25, -0.2) is 0 Å². The first-order chi connectivity index (χ1) is 14.3. The number of fused-ring (bicyclic) bond motifs is 4. The number of carbonyl (C=O) groups is 3. The van der Waals surface area contributed by atoms with Crippen molar-refractivity contribution in [3.63, 3.8) is 0 Å². The highest BCUT2D eigenvalue weighted by Gasteiger charge is 2.37. The van der Waals surface area contributed by atoms with Crippen LogP contribution in [0.4, 0.5) is 0 Å². The van der Waals surface area contributed by atoms with E-state index >= 15 is 0 Å². The van der Waals surface area contributed by atoms with E-state index < -0.39 is 0 Å². The summed E-state index contributed by atoms with van der Waals surface area (Å²) in [5.41, 5.74) is 1.46. The summed E-state index contributed by atoms with van der Waals surface area (Å²) >= 11 is 0. The largest absolute Gasteiger partial charge is 0.491 e. The fourth-order valence-corrected chi connectivity index (χ4v) is 4.16. The van der Waals surface area contributed by atoms with Gasteiger partial charge in [0.05, 0.1) is 6.54 Å². The van der Waals surface area contributed by atoms with Gasteiger partial charge in [-0.2, -0.15) is 0 Å². The average Bonchev–Trinajstić information content (AvgIpc) is 3.10. The first-order valence-electron chi connectivity index (χ1n) is 10.9. The monoisotopic (exact) mass is 415 g/mol. The van der Waals surface area contributed by atoms with Gasteiger partial charge in [0.1, 0.15) is 12.4 Å². The molecule has 2 aliphatic rings. The van der Waals surface area contributed by atoms with Crippen molar-refractivity contribution in [1.82, 2.24) is 15.5 Å². The number of rotatable bonds is 3. The van der Waals surface area contributed by atoms with Crippen LogP contribution in [-0.4, -0.2) is 54.4 Å². The minimum atomic E-state index is -0.179. The summed E-state index contributed by atoms with van der Waals surface area (Å²) in [7, 11) is 0. The molecule has 3 rings (SSSR count). The molecule has 3 amide bonds. The summed E-state index contributed by atoms with van der Waals surface area (Å²) in [4.78, 5) is 40.0. The third kappa shape index (κ3) is 5.52. The Morgan fingerprint density at radius 3 is 2.73 bits per heavy atom. The fourth-order valence-electron chi connectivity index (χ4n) is 4.16. The number of nitrogens with zero attached hydrogens (tertiary/aromatic N) is 1. The van der Waals surface area contributed by atoms with Crippen molar-refractivity contribution in [2.24, 2.45) is 5.92 Å². The second-order valence-electron chi connectivity index (χ2n) is 8.71. The maximum absolute atomic E-state index is 13.0. The van der Waals surface area contributed by atoms with E-state index in [1.54, 1.807) is 12.1 Å². The molecule has 0 saturated carbocycles. The molecule has 0 unspecified atom stereocenters. The van der Waals surface area contributed by atoms with Gasteiger partial charge in [0.15, 0.2) is 0 Å². The molecular formula is C23H33N3O4. The molecule has 164 valence electrons. The van der Waals surface area contributed by atoms with Gasteiger partial charge in [-0.3, -0.25) is 14.4 Å². The Morgan fingerprint density at radius 1 is 1.20 bits per heavy atom. The molecular weight excluding hydrogens is 382 g/mol. The Balaban J connectivity index is 1.80. The normalized spacial score (nSPS) is 22.6. The Bertz CT molecular complexity index is 793. The minimum absolute atomic E-state index is 0.0727. The summed E-state index contributed by atoms with van der Waals surface area (Å²) in [6.07, 6.45) is 3.12. The van der Waals surface area contributed by atoms with Gasteiger partial charge in [-0.05, 0) is 49.8 Å². The van der Waals surface area contributed by atoms with E-state index in [1.165, 1.54) is 0 Å². The highest BCUT2D eigenvalue weighted by atomic mass is 16.5. The lowest BCUT2D eigenvalue weighted by Gasteiger charge is -2.31. The molecule has 7 heteroatoms. The third-order valence-electron chi connectivity index (χ3n) is 5.89. The van der Waals surface area contributed by atoms with Gasteiger partial charge < -0.3 is 20.3 Å². The van der Waals surface area contributed by atoms with Crippen molar-refractivity contribution in [2.75, 3.05) is 19.7 Å². The number of aryl methyl sites for hydroxylation is 1. The van der Waals surface area contributed by atoms with Crippen LogP contribution in [-0.2, 0) is 9.59 Å². The summed E-state index contributed by atoms with van der Waals surface area (Å²) in [6.45, 7) is 7.20. The lowest BCUT2D eigenvalue weighted by atomic mass is 10.1. The van der Waals surface area contributed by atoms with Crippen LogP contribution in [0.2, 0.25) is 0 Å². The molecule has 4 bridgehead atoms. The molecule has 0 aromatic heterocycles. The smallest absolute Gasteiger partial charge is 0.251 e. The molecule has 0 radical (unpaired) electrons. The maximum atomic E-state index is 13.0. The Kier molecular flexibility index (Phi) is 7.34. The topological polar surface area (TPSA) is 87.7 Å². The Labute approximate surface area is 178 Å². The van der Waals surface area contributed by atoms with E-state index in [0.717, 1.165) is 24.8 Å². The fraction of sp³-hybridized carbons (Fsp3) is 0.609. The van der Waals surface area contributed by atoms with Gasteiger partial charge in [0, 0.05) is 37.0 Å². The molecule has 2 N–H and O–H groups in total. The van der Waals surface area contributed by atoms with Crippen LogP contribution < -0.4 is 15.4 Å². The van der Waals surface area contributed by atoms with Crippen molar-refractivity contribution in [2.45, 2.75) is 65.0 Å². The molecule has 1 fully saturated rings. The Morgan fingerprint density at radius 2 is 1.97 bits per heavy atom. The molecule has 0 spiro atoms. The number of hydrogen-bond acceptors (Lipinski definition) is 4. The molecule has 2 heterocycles. The summed E-state index contributed by atoms with van der Waals surface area (Å²) in [5, 5.41) is 5.88. The van der Waals surface area contributed by atoms with E-state index in [1.807, 2.05) is 17.9 Å². The SMILES string of the molecule is Cc1ccc2cc1OCCNC(=O)C[C@@H]1CC[C@H](CNC2=O)N1C(=O)CCC(C)C. The van der Waals surface area contributed by atoms with Crippen LogP contribution in [0.3, 0.4) is 0 Å². The lowest BCUT2D eigenvalue weighted by Crippen LogP contribution is -2.47. The molecule has 1 aromatic carbocycles. The predicted molar refractivity (Wildman–Crippen MR) is 114 cm³/mol. The van der Waals surface area contributed by atoms with Crippen molar-refractivity contribution in [3.05, 3.63) is 29.3 Å². The van der Waals surface area contributed by atoms with E-state index in [0.29, 0.717) is 43.3 Å². The van der Waals surface area contributed by atoms with Crippen molar-refractivity contribution >= 4 is 17.7 Å². The molecule has 1 saturated heterocycles. The first kappa shape index (κ1) is 22.1. The molecule has 1 aromatic rings. The zero-order valence-electron chi connectivity index (χ0n) is 18.2. The second kappa shape index (κ2) is 9.96. The predicted octanol–water partition coefficient (Wildman–Crippen LogP) is 2.42. The van der Waals surface area contributed by atoms with Crippen LogP contribution in [0.5, 0.6) is 5.75 Å². The highest BCUT2D eigenvalue weighted by molar-refractivity contribution is 5.94. The minimum Gasteiger partial charge on any atom is -0.491 e. The molecule has 2 atom stereocenters. The number of amides is 3. The van der Waals surface area contributed by atoms with Crippen LogP contribution in [0.1, 0.15) is 61.9 Å². The van der Waals surface area contributed by atoms with Crippen molar-refractivity contribution < 1.29 is 19.1 Å². The maximum Gasteiger partial charge on any atom is 0.251 e. The average molecular weight is 416 g/mol. The molecule has 30 heavy (non-hydrogen) atoms. The lowest BCUT2D eigenvalue weighted by molar-refractivity contribution is -0.135. The highest BCUT2D eigenvalue weighted by Crippen LogP contribution is 2.28.